The Morgan fingerprint density at radius 3 is 2.35 bits per heavy atom. The number of nitrogens with one attached hydrogen (secondary N) is 1. The molecule has 0 aromatic heterocycles. The number of halogens is 2. The molecule has 0 aliphatic carbocycles. The predicted octanol–water partition coefficient (Wildman–Crippen LogP) is 5.97. The first-order valence-corrected chi connectivity index (χ1v) is 13.5. The van der Waals surface area contributed by atoms with Crippen LogP contribution in [0.2, 0.25) is 0 Å². The first-order chi connectivity index (χ1) is 19.0. The minimum atomic E-state index is -0.833. The first-order valence-electron chi connectivity index (χ1n) is 13.5. The lowest BCUT2D eigenvalue weighted by Crippen LogP contribution is -2.61. The number of benzene rings is 2. The number of hydrogen-bond acceptors (Lipinski definition) is 6. The Morgan fingerprint density at radius 2 is 1.73 bits per heavy atom. The second kappa shape index (κ2) is 14.4. The van der Waals surface area contributed by atoms with Crippen LogP contribution in [0.4, 0.5) is 18.4 Å². The van der Waals surface area contributed by atoms with Gasteiger partial charge in [0.1, 0.15) is 36.7 Å². The quantitative estimate of drug-likeness (QED) is 0.359. The first kappa shape index (κ1) is 31.3. The number of piperidine rings is 1. The molecule has 1 fully saturated rings. The molecule has 0 saturated carbocycles. The van der Waals surface area contributed by atoms with E-state index >= 15 is 0 Å². The number of rotatable bonds is 10. The Morgan fingerprint density at radius 1 is 1.05 bits per heavy atom. The van der Waals surface area contributed by atoms with Crippen LogP contribution in [-0.4, -0.2) is 60.8 Å². The van der Waals surface area contributed by atoms with E-state index in [2.05, 4.69) is 5.32 Å². The summed E-state index contributed by atoms with van der Waals surface area (Å²) in [6, 6.07) is 10.9. The third-order valence-electron chi connectivity index (χ3n) is 6.61. The van der Waals surface area contributed by atoms with Gasteiger partial charge in [0.15, 0.2) is 0 Å². The normalized spacial score (nSPS) is 19.0. The fourth-order valence-corrected chi connectivity index (χ4v) is 4.97. The summed E-state index contributed by atoms with van der Waals surface area (Å²) < 4.78 is 50.7. The van der Waals surface area contributed by atoms with Gasteiger partial charge in [0.2, 0.25) is 0 Å². The van der Waals surface area contributed by atoms with Crippen molar-refractivity contribution < 1.29 is 37.3 Å². The Balaban J connectivity index is 1.93. The van der Waals surface area contributed by atoms with Crippen molar-refractivity contribution in [3.63, 3.8) is 0 Å². The second-order valence-electron chi connectivity index (χ2n) is 11.1. The number of carbonyl (C=O) groups is 2. The third-order valence-corrected chi connectivity index (χ3v) is 6.61. The molecule has 0 bridgehead atoms. The monoisotopic (exact) mass is 562 g/mol. The summed E-state index contributed by atoms with van der Waals surface area (Å²) in [5.41, 5.74) is 0.384. The van der Waals surface area contributed by atoms with Crippen molar-refractivity contribution in [2.75, 3.05) is 13.9 Å². The molecule has 1 heterocycles. The molecule has 1 N–H and O–H groups in total. The molecule has 10 heteroatoms. The highest BCUT2D eigenvalue weighted by molar-refractivity contribution is 5.70. The van der Waals surface area contributed by atoms with Crippen molar-refractivity contribution in [2.24, 2.45) is 0 Å². The van der Waals surface area contributed by atoms with Gasteiger partial charge < -0.3 is 24.3 Å². The zero-order valence-corrected chi connectivity index (χ0v) is 23.8. The highest BCUT2D eigenvalue weighted by Gasteiger charge is 2.43. The lowest BCUT2D eigenvalue weighted by molar-refractivity contribution is -0.121. The van der Waals surface area contributed by atoms with Gasteiger partial charge >= 0.3 is 12.2 Å². The SMILES string of the molecule is COCO[C@@H]([C@H](Cc1cc(F)cc(F)c1)NC(=O)OCc1ccccc1)[C@H]1CCC[C@H](C)N1C(=O)OC(C)(C)C. The third kappa shape index (κ3) is 9.45. The second-order valence-corrected chi connectivity index (χ2v) is 11.1. The van der Waals surface area contributed by atoms with Crippen LogP contribution >= 0.6 is 0 Å². The van der Waals surface area contributed by atoms with Crippen LogP contribution in [0.15, 0.2) is 48.5 Å². The number of ether oxygens (including phenoxy) is 4. The van der Waals surface area contributed by atoms with Crippen LogP contribution in [0, 0.1) is 11.6 Å². The molecule has 220 valence electrons. The molecule has 8 nitrogen and oxygen atoms in total. The van der Waals surface area contributed by atoms with E-state index in [4.69, 9.17) is 18.9 Å². The largest absolute Gasteiger partial charge is 0.445 e. The highest BCUT2D eigenvalue weighted by Crippen LogP contribution is 2.30. The summed E-state index contributed by atoms with van der Waals surface area (Å²) in [5.74, 6) is -1.48. The maximum atomic E-state index is 14.1. The Hall–Kier alpha value is -3.24. The number of alkyl carbamates (subject to hydrolysis) is 1. The summed E-state index contributed by atoms with van der Waals surface area (Å²) in [5, 5.41) is 2.84. The maximum Gasteiger partial charge on any atom is 0.410 e. The molecular weight excluding hydrogens is 522 g/mol. The minimum absolute atomic E-state index is 0.0105. The van der Waals surface area contributed by atoms with Gasteiger partial charge in [0.05, 0.1) is 12.1 Å². The zero-order chi connectivity index (χ0) is 29.3. The summed E-state index contributed by atoms with van der Waals surface area (Å²) in [4.78, 5) is 28.0. The summed E-state index contributed by atoms with van der Waals surface area (Å²) in [6.07, 6.45) is 0.0909. The lowest BCUT2D eigenvalue weighted by atomic mass is 9.87. The van der Waals surface area contributed by atoms with Gasteiger partial charge in [-0.05, 0) is 76.6 Å². The van der Waals surface area contributed by atoms with Crippen LogP contribution in [0.5, 0.6) is 0 Å². The molecule has 2 aromatic carbocycles. The maximum absolute atomic E-state index is 14.1. The molecule has 2 aromatic rings. The minimum Gasteiger partial charge on any atom is -0.445 e. The van der Waals surface area contributed by atoms with Crippen LogP contribution < -0.4 is 5.32 Å². The fourth-order valence-electron chi connectivity index (χ4n) is 4.97. The molecule has 0 radical (unpaired) electrons. The van der Waals surface area contributed by atoms with Gasteiger partial charge in [-0.25, -0.2) is 18.4 Å². The van der Waals surface area contributed by atoms with E-state index < -0.39 is 47.6 Å². The molecule has 1 saturated heterocycles. The van der Waals surface area contributed by atoms with Crippen LogP contribution in [0.3, 0.4) is 0 Å². The summed E-state index contributed by atoms with van der Waals surface area (Å²) in [6.45, 7) is 7.20. The van der Waals surface area contributed by atoms with Crippen LogP contribution in [0.1, 0.15) is 58.1 Å². The van der Waals surface area contributed by atoms with Gasteiger partial charge in [-0.1, -0.05) is 30.3 Å². The Bertz CT molecular complexity index is 1090. The van der Waals surface area contributed by atoms with Gasteiger partial charge in [-0.15, -0.1) is 0 Å². The summed E-state index contributed by atoms with van der Waals surface area (Å²) in [7, 11) is 1.46. The van der Waals surface area contributed by atoms with Gasteiger partial charge in [-0.3, -0.25) is 4.90 Å². The number of nitrogens with zero attached hydrogens (tertiary/aromatic N) is 1. The number of hydrogen-bond donors (Lipinski definition) is 1. The fraction of sp³-hybridized carbons (Fsp3) is 0.533. The standard InChI is InChI=1S/C30H40F2N2O6/c1-20-10-9-13-26(34(20)29(36)40-30(2,3)4)27(39-19-37-5)25(16-22-14-23(31)17-24(32)15-22)33-28(35)38-18-21-11-7-6-8-12-21/h6-8,11-12,14-15,17,20,25-27H,9-10,13,16,18-19H2,1-5H3,(H,33,35)/t20-,25-,26+,27-/m0/s1. The lowest BCUT2D eigenvalue weighted by Gasteiger charge is -2.46. The van der Waals surface area contributed by atoms with Crippen LogP contribution in [-0.2, 0) is 32.0 Å². The van der Waals surface area contributed by atoms with Crippen molar-refractivity contribution in [2.45, 2.75) is 89.8 Å². The Kier molecular flexibility index (Phi) is 11.3. The van der Waals surface area contributed by atoms with E-state index in [1.807, 2.05) is 37.3 Å². The smallest absolute Gasteiger partial charge is 0.410 e. The molecule has 0 unspecified atom stereocenters. The van der Waals surface area contributed by atoms with E-state index in [1.165, 1.54) is 19.2 Å². The number of amides is 2. The number of likely N-dealkylation sites (tertiary alicyclic amines) is 1. The molecule has 1 aliphatic rings. The van der Waals surface area contributed by atoms with E-state index in [-0.39, 0.29) is 25.9 Å². The molecule has 2 amide bonds. The van der Waals surface area contributed by atoms with Gasteiger partial charge in [0.25, 0.3) is 0 Å². The van der Waals surface area contributed by atoms with Crippen molar-refractivity contribution in [3.05, 3.63) is 71.3 Å². The average Bonchev–Trinajstić information content (AvgIpc) is 2.86. The predicted molar refractivity (Wildman–Crippen MR) is 146 cm³/mol. The summed E-state index contributed by atoms with van der Waals surface area (Å²) >= 11 is 0. The topological polar surface area (TPSA) is 86.3 Å². The molecule has 40 heavy (non-hydrogen) atoms. The van der Waals surface area contributed by atoms with Crippen molar-refractivity contribution in [1.29, 1.82) is 0 Å². The molecular formula is C30H40F2N2O6. The zero-order valence-electron chi connectivity index (χ0n) is 23.8. The van der Waals surface area contributed by atoms with Crippen molar-refractivity contribution >= 4 is 12.2 Å². The molecule has 4 atom stereocenters. The molecule has 1 aliphatic heterocycles. The van der Waals surface area contributed by atoms with E-state index in [0.29, 0.717) is 12.0 Å². The Labute approximate surface area is 234 Å². The van der Waals surface area contributed by atoms with Crippen molar-refractivity contribution in [3.8, 4) is 0 Å². The van der Waals surface area contributed by atoms with E-state index in [9.17, 15) is 18.4 Å². The average molecular weight is 563 g/mol. The number of methoxy groups -OCH3 is 1. The molecule has 3 rings (SSSR count). The van der Waals surface area contributed by atoms with E-state index in [1.54, 1.807) is 25.7 Å². The van der Waals surface area contributed by atoms with Gasteiger partial charge in [-0.2, -0.15) is 0 Å². The van der Waals surface area contributed by atoms with Crippen molar-refractivity contribution in [1.82, 2.24) is 10.2 Å². The number of carbonyl (C=O) groups excluding carboxylic acids is 2. The highest BCUT2D eigenvalue weighted by atomic mass is 19.1. The van der Waals surface area contributed by atoms with Gasteiger partial charge in [0, 0.05) is 19.2 Å². The van der Waals surface area contributed by atoms with E-state index in [0.717, 1.165) is 24.5 Å². The molecule has 0 spiro atoms. The van der Waals surface area contributed by atoms with Crippen LogP contribution in [0.25, 0.3) is 0 Å².